The average Bonchev–Trinajstić information content (AvgIpc) is 3.10. The largest absolute Gasteiger partial charge is 0.357 e. The van der Waals surface area contributed by atoms with Crippen molar-refractivity contribution in [2.45, 2.75) is 25.7 Å². The molecule has 2 bridgehead atoms. The molecule has 0 aliphatic heterocycles. The first-order valence-corrected chi connectivity index (χ1v) is 8.22. The van der Waals surface area contributed by atoms with Crippen LogP contribution in [0.1, 0.15) is 25.7 Å². The van der Waals surface area contributed by atoms with Crippen LogP contribution in [0.25, 0.3) is 10.8 Å². The molecule has 1 aromatic carbocycles. The number of hydrogen-bond acceptors (Lipinski definition) is 3. The molecule has 1 aromatic heterocycles. The van der Waals surface area contributed by atoms with Crippen LogP contribution >= 0.6 is 11.6 Å². The number of halogens is 1. The number of rotatable bonds is 3. The van der Waals surface area contributed by atoms with Gasteiger partial charge in [0.25, 0.3) is 0 Å². The first-order chi connectivity index (χ1) is 10.2. The molecule has 21 heavy (non-hydrogen) atoms. The summed E-state index contributed by atoms with van der Waals surface area (Å²) in [6.45, 7) is 1.08. The molecule has 4 heteroatoms. The van der Waals surface area contributed by atoms with Crippen molar-refractivity contribution in [2.75, 3.05) is 18.5 Å². The third kappa shape index (κ3) is 2.28. The SMILES string of the molecule is CN(CC1CC2CCC1C2)c1nnc(Cl)c2ccccc12. The smallest absolute Gasteiger partial charge is 0.159 e. The Labute approximate surface area is 130 Å². The van der Waals surface area contributed by atoms with E-state index in [2.05, 4.69) is 28.2 Å². The van der Waals surface area contributed by atoms with E-state index in [1.165, 1.54) is 25.7 Å². The lowest BCUT2D eigenvalue weighted by molar-refractivity contribution is 0.337. The molecule has 3 unspecified atom stereocenters. The number of hydrogen-bond donors (Lipinski definition) is 0. The maximum absolute atomic E-state index is 6.16. The normalized spacial score (nSPS) is 27.4. The molecule has 2 aliphatic carbocycles. The van der Waals surface area contributed by atoms with Crippen molar-refractivity contribution >= 4 is 28.2 Å². The second-order valence-corrected chi connectivity index (χ2v) is 7.03. The quantitative estimate of drug-likeness (QED) is 0.852. The molecule has 0 amide bonds. The maximum Gasteiger partial charge on any atom is 0.159 e. The van der Waals surface area contributed by atoms with E-state index in [0.29, 0.717) is 5.15 Å². The van der Waals surface area contributed by atoms with E-state index in [0.717, 1.165) is 40.9 Å². The highest BCUT2D eigenvalue weighted by Crippen LogP contribution is 2.48. The second kappa shape index (κ2) is 5.13. The van der Waals surface area contributed by atoms with Crippen molar-refractivity contribution in [3.8, 4) is 0 Å². The third-order valence-corrected chi connectivity index (χ3v) is 5.66. The minimum Gasteiger partial charge on any atom is -0.357 e. The van der Waals surface area contributed by atoms with Crippen LogP contribution in [0.3, 0.4) is 0 Å². The van der Waals surface area contributed by atoms with E-state index in [1.54, 1.807) is 0 Å². The standard InChI is InChI=1S/C17H20ClN3/c1-21(10-13-9-11-6-7-12(13)8-11)17-15-5-3-2-4-14(15)16(18)19-20-17/h2-5,11-13H,6-10H2,1H3. The summed E-state index contributed by atoms with van der Waals surface area (Å²) in [6.07, 6.45) is 5.73. The van der Waals surface area contributed by atoms with Crippen molar-refractivity contribution in [1.29, 1.82) is 0 Å². The maximum atomic E-state index is 6.16. The predicted molar refractivity (Wildman–Crippen MR) is 86.8 cm³/mol. The summed E-state index contributed by atoms with van der Waals surface area (Å²) in [5.41, 5.74) is 0. The zero-order chi connectivity index (χ0) is 14.4. The van der Waals surface area contributed by atoms with Crippen LogP contribution in [0.15, 0.2) is 24.3 Å². The lowest BCUT2D eigenvalue weighted by Crippen LogP contribution is -2.29. The van der Waals surface area contributed by atoms with Gasteiger partial charge in [0.15, 0.2) is 11.0 Å². The molecule has 0 saturated heterocycles. The highest BCUT2D eigenvalue weighted by molar-refractivity contribution is 6.34. The van der Waals surface area contributed by atoms with Crippen molar-refractivity contribution in [3.05, 3.63) is 29.4 Å². The summed E-state index contributed by atoms with van der Waals surface area (Å²) in [6, 6.07) is 8.13. The van der Waals surface area contributed by atoms with Crippen molar-refractivity contribution in [1.82, 2.24) is 10.2 Å². The molecule has 2 saturated carbocycles. The highest BCUT2D eigenvalue weighted by atomic mass is 35.5. The van der Waals surface area contributed by atoms with Gasteiger partial charge in [-0.3, -0.25) is 0 Å². The molecule has 1 heterocycles. The number of anilines is 1. The van der Waals surface area contributed by atoms with E-state index in [4.69, 9.17) is 11.6 Å². The van der Waals surface area contributed by atoms with Crippen LogP contribution in [0.5, 0.6) is 0 Å². The topological polar surface area (TPSA) is 29.0 Å². The van der Waals surface area contributed by atoms with Crippen LogP contribution in [-0.4, -0.2) is 23.8 Å². The second-order valence-electron chi connectivity index (χ2n) is 6.68. The van der Waals surface area contributed by atoms with Crippen LogP contribution in [0.2, 0.25) is 5.15 Å². The van der Waals surface area contributed by atoms with Gasteiger partial charge in [-0.1, -0.05) is 42.3 Å². The number of nitrogens with zero attached hydrogens (tertiary/aromatic N) is 3. The molecular weight excluding hydrogens is 282 g/mol. The summed E-state index contributed by atoms with van der Waals surface area (Å²) in [7, 11) is 2.14. The lowest BCUT2D eigenvalue weighted by atomic mass is 9.88. The Morgan fingerprint density at radius 3 is 2.67 bits per heavy atom. The van der Waals surface area contributed by atoms with Crippen molar-refractivity contribution < 1.29 is 0 Å². The van der Waals surface area contributed by atoms with Gasteiger partial charge in [0.2, 0.25) is 0 Å². The minimum atomic E-state index is 0.489. The van der Waals surface area contributed by atoms with Crippen LogP contribution in [0.4, 0.5) is 5.82 Å². The molecule has 0 spiro atoms. The van der Waals surface area contributed by atoms with Gasteiger partial charge in [-0.2, -0.15) is 0 Å². The zero-order valence-corrected chi connectivity index (χ0v) is 13.1. The third-order valence-electron chi connectivity index (χ3n) is 5.38. The Morgan fingerprint density at radius 2 is 1.95 bits per heavy atom. The zero-order valence-electron chi connectivity index (χ0n) is 12.3. The number of aromatic nitrogens is 2. The number of fused-ring (bicyclic) bond motifs is 3. The van der Waals surface area contributed by atoms with Gasteiger partial charge in [0.05, 0.1) is 0 Å². The Kier molecular flexibility index (Phi) is 3.26. The van der Waals surface area contributed by atoms with E-state index in [9.17, 15) is 0 Å². The predicted octanol–water partition coefficient (Wildman–Crippen LogP) is 4.16. The fraction of sp³-hybridized carbons (Fsp3) is 0.529. The lowest BCUT2D eigenvalue weighted by Gasteiger charge is -2.28. The van der Waals surface area contributed by atoms with Gasteiger partial charge in [-0.15, -0.1) is 10.2 Å². The molecule has 2 fully saturated rings. The van der Waals surface area contributed by atoms with Gasteiger partial charge in [-0.25, -0.2) is 0 Å². The first-order valence-electron chi connectivity index (χ1n) is 7.84. The summed E-state index contributed by atoms with van der Waals surface area (Å²) in [4.78, 5) is 2.27. The first kappa shape index (κ1) is 13.3. The molecule has 3 nitrogen and oxygen atoms in total. The van der Waals surface area contributed by atoms with E-state index in [-0.39, 0.29) is 0 Å². The Morgan fingerprint density at radius 1 is 1.14 bits per heavy atom. The summed E-state index contributed by atoms with van der Waals surface area (Å²) >= 11 is 6.16. The van der Waals surface area contributed by atoms with Crippen LogP contribution in [0, 0.1) is 17.8 Å². The fourth-order valence-electron chi connectivity index (χ4n) is 4.38. The van der Waals surface area contributed by atoms with Gasteiger partial charge < -0.3 is 4.90 Å². The van der Waals surface area contributed by atoms with Crippen molar-refractivity contribution in [2.24, 2.45) is 17.8 Å². The highest BCUT2D eigenvalue weighted by Gasteiger charge is 2.39. The summed E-state index contributed by atoms with van der Waals surface area (Å²) in [5.74, 6) is 3.70. The minimum absolute atomic E-state index is 0.489. The monoisotopic (exact) mass is 301 g/mol. The Hall–Kier alpha value is -1.35. The molecule has 110 valence electrons. The van der Waals surface area contributed by atoms with Crippen LogP contribution < -0.4 is 4.90 Å². The molecule has 4 rings (SSSR count). The molecule has 0 radical (unpaired) electrons. The van der Waals surface area contributed by atoms with Crippen molar-refractivity contribution in [3.63, 3.8) is 0 Å². The van der Waals surface area contributed by atoms with Gasteiger partial charge in [0, 0.05) is 24.4 Å². The van der Waals surface area contributed by atoms with Gasteiger partial charge in [0.1, 0.15) is 0 Å². The Balaban J connectivity index is 1.62. The van der Waals surface area contributed by atoms with Gasteiger partial charge in [-0.05, 0) is 37.0 Å². The molecule has 0 N–H and O–H groups in total. The van der Waals surface area contributed by atoms with E-state index < -0.39 is 0 Å². The molecule has 3 atom stereocenters. The molecular formula is C17H20ClN3. The van der Waals surface area contributed by atoms with E-state index >= 15 is 0 Å². The molecule has 2 aromatic rings. The summed E-state index contributed by atoms with van der Waals surface area (Å²) in [5, 5.41) is 11.1. The van der Waals surface area contributed by atoms with Gasteiger partial charge >= 0.3 is 0 Å². The number of benzene rings is 1. The van der Waals surface area contributed by atoms with Crippen LogP contribution in [-0.2, 0) is 0 Å². The summed E-state index contributed by atoms with van der Waals surface area (Å²) < 4.78 is 0. The Bertz CT molecular complexity index is 672. The molecule has 2 aliphatic rings. The average molecular weight is 302 g/mol. The fourth-order valence-corrected chi connectivity index (χ4v) is 4.58. The van der Waals surface area contributed by atoms with E-state index in [1.807, 2.05) is 18.2 Å².